The van der Waals surface area contributed by atoms with Crippen molar-refractivity contribution in [3.8, 4) is 6.07 Å². The maximum Gasteiger partial charge on any atom is 0.204 e. The van der Waals surface area contributed by atoms with Gasteiger partial charge < -0.3 is 10.5 Å². The summed E-state index contributed by atoms with van der Waals surface area (Å²) >= 11 is 0. The predicted octanol–water partition coefficient (Wildman–Crippen LogP) is 3.02. The number of carbonyl (C=O) groups excluding carboxylic acids is 1. The minimum atomic E-state index is -0.202. The molecule has 4 heteroatoms. The molecule has 20 heavy (non-hydrogen) atoms. The van der Waals surface area contributed by atoms with E-state index in [1.165, 1.54) is 0 Å². The van der Waals surface area contributed by atoms with Gasteiger partial charge in [-0.3, -0.25) is 4.79 Å². The lowest BCUT2D eigenvalue weighted by atomic mass is 9.70. The van der Waals surface area contributed by atoms with E-state index >= 15 is 0 Å². The highest BCUT2D eigenvalue weighted by Gasteiger charge is 2.42. The molecule has 108 valence electrons. The quantitative estimate of drug-likeness (QED) is 0.839. The van der Waals surface area contributed by atoms with Crippen LogP contribution in [0.2, 0.25) is 0 Å². The monoisotopic (exact) mass is 274 g/mol. The van der Waals surface area contributed by atoms with Crippen molar-refractivity contribution >= 4 is 5.78 Å². The Balaban J connectivity index is 2.48. The predicted molar refractivity (Wildman–Crippen MR) is 75.9 cm³/mol. The molecule has 2 aliphatic rings. The second-order valence-electron chi connectivity index (χ2n) is 6.95. The molecule has 1 atom stereocenters. The second kappa shape index (κ2) is 4.97. The molecule has 1 heterocycles. The van der Waals surface area contributed by atoms with Crippen molar-refractivity contribution in [3.63, 3.8) is 0 Å². The van der Waals surface area contributed by atoms with Crippen molar-refractivity contribution in [2.24, 2.45) is 23.0 Å². The van der Waals surface area contributed by atoms with Crippen LogP contribution < -0.4 is 5.73 Å². The molecule has 0 aromatic rings. The molecule has 0 amide bonds. The summed E-state index contributed by atoms with van der Waals surface area (Å²) < 4.78 is 5.61. The van der Waals surface area contributed by atoms with Crippen molar-refractivity contribution in [2.75, 3.05) is 0 Å². The summed E-state index contributed by atoms with van der Waals surface area (Å²) in [6, 6.07) is 2.13. The molecule has 0 saturated heterocycles. The molecule has 2 N–H and O–H groups in total. The summed E-state index contributed by atoms with van der Waals surface area (Å²) in [4.78, 5) is 12.5. The largest absolute Gasteiger partial charge is 0.444 e. The maximum atomic E-state index is 12.5. The number of nitrogens with zero attached hydrogens (tertiary/aromatic N) is 1. The average Bonchev–Trinajstić information content (AvgIpc) is 2.25. The van der Waals surface area contributed by atoms with E-state index in [2.05, 4.69) is 33.8 Å². The van der Waals surface area contributed by atoms with Gasteiger partial charge in [-0.05, 0) is 17.8 Å². The zero-order chi connectivity index (χ0) is 15.1. The minimum Gasteiger partial charge on any atom is -0.444 e. The van der Waals surface area contributed by atoms with E-state index in [-0.39, 0.29) is 23.0 Å². The summed E-state index contributed by atoms with van der Waals surface area (Å²) in [7, 11) is 0. The molecule has 0 unspecified atom stereocenters. The maximum absolute atomic E-state index is 12.5. The summed E-state index contributed by atoms with van der Waals surface area (Å²) in [5.41, 5.74) is 6.87. The summed E-state index contributed by atoms with van der Waals surface area (Å²) in [5.74, 6) is 1.12. The molecule has 0 bridgehead atoms. The number of ketones is 1. The van der Waals surface area contributed by atoms with Gasteiger partial charge in [-0.25, -0.2) is 0 Å². The Hall–Kier alpha value is -1.76. The van der Waals surface area contributed by atoms with E-state index in [1.807, 2.05) is 0 Å². The van der Waals surface area contributed by atoms with Crippen LogP contribution in [0.5, 0.6) is 0 Å². The van der Waals surface area contributed by atoms with Gasteiger partial charge in [0, 0.05) is 24.3 Å². The van der Waals surface area contributed by atoms with Crippen molar-refractivity contribution in [3.05, 3.63) is 22.8 Å². The Labute approximate surface area is 120 Å². The van der Waals surface area contributed by atoms with E-state index in [4.69, 9.17) is 10.5 Å². The van der Waals surface area contributed by atoms with E-state index in [9.17, 15) is 10.1 Å². The van der Waals surface area contributed by atoms with Crippen LogP contribution in [0.3, 0.4) is 0 Å². The van der Waals surface area contributed by atoms with Crippen LogP contribution in [-0.4, -0.2) is 5.78 Å². The number of carbonyl (C=O) groups is 1. The Bertz CT molecular complexity index is 547. The molecule has 1 aliphatic carbocycles. The number of ether oxygens (including phenoxy) is 1. The van der Waals surface area contributed by atoms with Gasteiger partial charge >= 0.3 is 0 Å². The third-order valence-electron chi connectivity index (χ3n) is 3.90. The summed E-state index contributed by atoms with van der Waals surface area (Å²) in [5, 5.41) is 9.32. The molecule has 0 fully saturated rings. The van der Waals surface area contributed by atoms with E-state index in [1.54, 1.807) is 0 Å². The molecule has 0 radical (unpaired) electrons. The van der Waals surface area contributed by atoms with Crippen LogP contribution in [0.25, 0.3) is 0 Å². The fourth-order valence-corrected chi connectivity index (χ4v) is 3.10. The van der Waals surface area contributed by atoms with Crippen LogP contribution in [0.15, 0.2) is 22.8 Å². The van der Waals surface area contributed by atoms with Crippen molar-refractivity contribution in [1.82, 2.24) is 0 Å². The highest BCUT2D eigenvalue weighted by atomic mass is 16.5. The average molecular weight is 274 g/mol. The number of Topliss-reactive ketones (excluding diaryl/α,β-unsaturated/α-hetero) is 1. The van der Waals surface area contributed by atoms with Crippen LogP contribution >= 0.6 is 0 Å². The third kappa shape index (κ3) is 2.58. The van der Waals surface area contributed by atoms with Gasteiger partial charge in [0.2, 0.25) is 5.88 Å². The minimum absolute atomic E-state index is 0.0992. The molecule has 2 rings (SSSR count). The van der Waals surface area contributed by atoms with Gasteiger partial charge in [-0.1, -0.05) is 27.7 Å². The number of hydrogen-bond donors (Lipinski definition) is 1. The van der Waals surface area contributed by atoms with E-state index in [0.29, 0.717) is 35.7 Å². The lowest BCUT2D eigenvalue weighted by molar-refractivity contribution is -0.119. The zero-order valence-corrected chi connectivity index (χ0v) is 12.6. The normalized spacial score (nSPS) is 25.4. The third-order valence-corrected chi connectivity index (χ3v) is 3.90. The molecule has 0 saturated carbocycles. The van der Waals surface area contributed by atoms with Crippen molar-refractivity contribution in [1.29, 1.82) is 5.26 Å². The number of allylic oxidation sites excluding steroid dienone is 3. The number of hydrogen-bond acceptors (Lipinski definition) is 4. The molecule has 0 spiro atoms. The lowest BCUT2D eigenvalue weighted by Crippen LogP contribution is -2.34. The fourth-order valence-electron chi connectivity index (χ4n) is 3.10. The first-order chi connectivity index (χ1) is 9.25. The van der Waals surface area contributed by atoms with Crippen molar-refractivity contribution in [2.45, 2.75) is 47.0 Å². The second-order valence-corrected chi connectivity index (χ2v) is 6.95. The smallest absolute Gasteiger partial charge is 0.204 e. The standard InChI is InChI=1S/C16H22N2O2/c1-9(2)5-10-11(8-17)15(18)20-13-7-16(3,4)6-12(19)14(10)13/h9-10H,5-7,18H2,1-4H3/t10-/m1/s1. The molecular formula is C16H22N2O2. The topological polar surface area (TPSA) is 76.1 Å². The van der Waals surface area contributed by atoms with Gasteiger partial charge in [0.15, 0.2) is 5.78 Å². The molecular weight excluding hydrogens is 252 g/mol. The molecule has 4 nitrogen and oxygen atoms in total. The van der Waals surface area contributed by atoms with Gasteiger partial charge in [0.05, 0.1) is 5.57 Å². The number of rotatable bonds is 2. The summed E-state index contributed by atoms with van der Waals surface area (Å²) in [6.45, 7) is 8.26. The van der Waals surface area contributed by atoms with Gasteiger partial charge in [0.25, 0.3) is 0 Å². The van der Waals surface area contributed by atoms with Gasteiger partial charge in [0.1, 0.15) is 11.8 Å². The van der Waals surface area contributed by atoms with Crippen LogP contribution in [0.1, 0.15) is 47.0 Å². The Morgan fingerprint density at radius 2 is 2.10 bits per heavy atom. The van der Waals surface area contributed by atoms with Gasteiger partial charge in [-0.15, -0.1) is 0 Å². The highest BCUT2D eigenvalue weighted by molar-refractivity contribution is 5.98. The molecule has 0 aromatic carbocycles. The lowest BCUT2D eigenvalue weighted by Gasteiger charge is -2.37. The van der Waals surface area contributed by atoms with Crippen LogP contribution in [0, 0.1) is 28.6 Å². The SMILES string of the molecule is CC(C)C[C@@H]1C(C#N)=C(N)OC2=C1C(=O)CC(C)(C)C2. The van der Waals surface area contributed by atoms with E-state index in [0.717, 1.165) is 6.42 Å². The first-order valence-corrected chi connectivity index (χ1v) is 7.09. The first-order valence-electron chi connectivity index (χ1n) is 7.09. The number of nitriles is 1. The van der Waals surface area contributed by atoms with Gasteiger partial charge in [-0.2, -0.15) is 5.26 Å². The Kier molecular flexibility index (Phi) is 3.64. The Morgan fingerprint density at radius 1 is 1.45 bits per heavy atom. The number of nitrogens with two attached hydrogens (primary N) is 1. The first kappa shape index (κ1) is 14.6. The molecule has 0 aromatic heterocycles. The fraction of sp³-hybridized carbons (Fsp3) is 0.625. The van der Waals surface area contributed by atoms with Crippen LogP contribution in [0.4, 0.5) is 0 Å². The van der Waals surface area contributed by atoms with Crippen molar-refractivity contribution < 1.29 is 9.53 Å². The Morgan fingerprint density at radius 3 is 2.65 bits per heavy atom. The zero-order valence-electron chi connectivity index (χ0n) is 12.6. The summed E-state index contributed by atoms with van der Waals surface area (Å²) in [6.07, 6.45) is 1.95. The van der Waals surface area contributed by atoms with Crippen LogP contribution in [-0.2, 0) is 9.53 Å². The molecule has 1 aliphatic heterocycles. The van der Waals surface area contributed by atoms with E-state index < -0.39 is 0 Å². The highest BCUT2D eigenvalue weighted by Crippen LogP contribution is 2.45.